The van der Waals surface area contributed by atoms with Crippen molar-refractivity contribution in [1.29, 1.82) is 0 Å². The summed E-state index contributed by atoms with van der Waals surface area (Å²) in [5.41, 5.74) is 0.937. The van der Waals surface area contributed by atoms with E-state index in [0.717, 1.165) is 37.3 Å². The lowest BCUT2D eigenvalue weighted by atomic mass is 9.84. The van der Waals surface area contributed by atoms with E-state index in [1.807, 2.05) is 13.8 Å². The Morgan fingerprint density at radius 1 is 1.57 bits per heavy atom. The van der Waals surface area contributed by atoms with E-state index in [2.05, 4.69) is 14.9 Å². The van der Waals surface area contributed by atoms with Gasteiger partial charge in [-0.15, -0.1) is 0 Å². The standard InChI is InChI=1S/C15H23N3O3/c1-10(7-13(19)20)12-5-4-6-18(8-12)14-11(2)15(21-3)17-9-16-14/h9-10,12H,4-8H2,1-3H3,(H,19,20). The van der Waals surface area contributed by atoms with Crippen LogP contribution in [0.4, 0.5) is 5.82 Å². The van der Waals surface area contributed by atoms with Crippen LogP contribution in [0.5, 0.6) is 5.88 Å². The Morgan fingerprint density at radius 2 is 2.33 bits per heavy atom. The molecule has 2 heterocycles. The smallest absolute Gasteiger partial charge is 0.303 e. The Balaban J connectivity index is 2.12. The van der Waals surface area contributed by atoms with Gasteiger partial charge in [-0.3, -0.25) is 4.79 Å². The number of hydrogen-bond acceptors (Lipinski definition) is 5. The molecule has 0 saturated carbocycles. The van der Waals surface area contributed by atoms with Crippen LogP contribution in [0.3, 0.4) is 0 Å². The molecular formula is C15H23N3O3. The lowest BCUT2D eigenvalue weighted by molar-refractivity contribution is -0.138. The van der Waals surface area contributed by atoms with Crippen molar-refractivity contribution < 1.29 is 14.6 Å². The highest BCUT2D eigenvalue weighted by Crippen LogP contribution is 2.31. The zero-order valence-electron chi connectivity index (χ0n) is 12.9. The first-order valence-corrected chi connectivity index (χ1v) is 7.35. The van der Waals surface area contributed by atoms with E-state index in [-0.39, 0.29) is 12.3 Å². The fourth-order valence-electron chi connectivity index (χ4n) is 3.06. The summed E-state index contributed by atoms with van der Waals surface area (Å²) in [5.74, 6) is 1.33. The van der Waals surface area contributed by atoms with Crippen LogP contribution in [0, 0.1) is 18.8 Å². The predicted molar refractivity (Wildman–Crippen MR) is 79.7 cm³/mol. The average molecular weight is 293 g/mol. The number of aliphatic carboxylic acids is 1. The number of piperidine rings is 1. The Kier molecular flexibility index (Phi) is 4.98. The average Bonchev–Trinajstić information content (AvgIpc) is 2.47. The molecule has 21 heavy (non-hydrogen) atoms. The van der Waals surface area contributed by atoms with Crippen molar-refractivity contribution in [3.05, 3.63) is 11.9 Å². The summed E-state index contributed by atoms with van der Waals surface area (Å²) in [5, 5.41) is 8.96. The Bertz CT molecular complexity index is 507. The Hall–Kier alpha value is -1.85. The van der Waals surface area contributed by atoms with Gasteiger partial charge in [-0.1, -0.05) is 6.92 Å². The highest BCUT2D eigenvalue weighted by Gasteiger charge is 2.27. The number of methoxy groups -OCH3 is 1. The minimum Gasteiger partial charge on any atom is -0.481 e. The third-order valence-corrected chi connectivity index (χ3v) is 4.26. The predicted octanol–water partition coefficient (Wildman–Crippen LogP) is 2.12. The molecule has 1 N–H and O–H groups in total. The van der Waals surface area contributed by atoms with E-state index in [4.69, 9.17) is 9.84 Å². The molecule has 1 fully saturated rings. The molecule has 0 aliphatic carbocycles. The molecule has 0 spiro atoms. The number of carboxylic acids is 1. The molecule has 2 rings (SSSR count). The fourth-order valence-corrected chi connectivity index (χ4v) is 3.06. The van der Waals surface area contributed by atoms with Gasteiger partial charge in [0, 0.05) is 19.5 Å². The molecule has 116 valence electrons. The topological polar surface area (TPSA) is 75.6 Å². The molecule has 1 aromatic rings. The van der Waals surface area contributed by atoms with Gasteiger partial charge in [0.2, 0.25) is 5.88 Å². The number of hydrogen-bond donors (Lipinski definition) is 1. The van der Waals surface area contributed by atoms with Gasteiger partial charge in [-0.05, 0) is 31.6 Å². The van der Waals surface area contributed by atoms with Crippen molar-refractivity contribution >= 4 is 11.8 Å². The highest BCUT2D eigenvalue weighted by molar-refractivity contribution is 5.67. The number of anilines is 1. The first kappa shape index (κ1) is 15.5. The summed E-state index contributed by atoms with van der Waals surface area (Å²) in [6.45, 7) is 5.76. The van der Waals surface area contributed by atoms with Crippen molar-refractivity contribution in [2.45, 2.75) is 33.1 Å². The first-order valence-electron chi connectivity index (χ1n) is 7.35. The van der Waals surface area contributed by atoms with Crippen LogP contribution in [-0.4, -0.2) is 41.2 Å². The normalized spacial score (nSPS) is 20.1. The number of rotatable bonds is 5. The van der Waals surface area contributed by atoms with Gasteiger partial charge in [0.25, 0.3) is 0 Å². The van der Waals surface area contributed by atoms with Gasteiger partial charge in [0.05, 0.1) is 12.7 Å². The lowest BCUT2D eigenvalue weighted by Gasteiger charge is -2.36. The molecule has 2 unspecified atom stereocenters. The second-order valence-electron chi connectivity index (χ2n) is 5.76. The number of nitrogens with zero attached hydrogens (tertiary/aromatic N) is 3. The lowest BCUT2D eigenvalue weighted by Crippen LogP contribution is -2.39. The Morgan fingerprint density at radius 3 is 3.00 bits per heavy atom. The summed E-state index contributed by atoms with van der Waals surface area (Å²) >= 11 is 0. The molecule has 1 saturated heterocycles. The highest BCUT2D eigenvalue weighted by atomic mass is 16.5. The van der Waals surface area contributed by atoms with Crippen LogP contribution >= 0.6 is 0 Å². The van der Waals surface area contributed by atoms with Crippen LogP contribution in [0.15, 0.2) is 6.33 Å². The largest absolute Gasteiger partial charge is 0.481 e. The minimum atomic E-state index is -0.723. The molecule has 0 bridgehead atoms. The quantitative estimate of drug-likeness (QED) is 0.896. The zero-order chi connectivity index (χ0) is 15.4. The molecule has 0 amide bonds. The van der Waals surface area contributed by atoms with Gasteiger partial charge in [0.1, 0.15) is 12.1 Å². The maximum Gasteiger partial charge on any atom is 0.303 e. The molecule has 2 atom stereocenters. The van der Waals surface area contributed by atoms with Gasteiger partial charge in [0.15, 0.2) is 0 Å². The molecule has 0 radical (unpaired) electrons. The molecule has 1 aliphatic rings. The van der Waals surface area contributed by atoms with E-state index < -0.39 is 5.97 Å². The number of ether oxygens (including phenoxy) is 1. The van der Waals surface area contributed by atoms with Crippen molar-refractivity contribution in [3.63, 3.8) is 0 Å². The van der Waals surface area contributed by atoms with E-state index in [1.165, 1.54) is 6.33 Å². The van der Waals surface area contributed by atoms with Crippen LogP contribution < -0.4 is 9.64 Å². The van der Waals surface area contributed by atoms with Crippen LogP contribution in [0.2, 0.25) is 0 Å². The first-order chi connectivity index (χ1) is 10.0. The van der Waals surface area contributed by atoms with E-state index >= 15 is 0 Å². The van der Waals surface area contributed by atoms with Crippen molar-refractivity contribution in [2.24, 2.45) is 11.8 Å². The van der Waals surface area contributed by atoms with Crippen LogP contribution in [0.25, 0.3) is 0 Å². The SMILES string of the molecule is COc1ncnc(N2CCCC(C(C)CC(=O)O)C2)c1C. The molecular weight excluding hydrogens is 270 g/mol. The second-order valence-corrected chi connectivity index (χ2v) is 5.76. The monoisotopic (exact) mass is 293 g/mol. The molecule has 1 aliphatic heterocycles. The van der Waals surface area contributed by atoms with Gasteiger partial charge in [-0.2, -0.15) is 0 Å². The van der Waals surface area contributed by atoms with Crippen LogP contribution in [-0.2, 0) is 4.79 Å². The third-order valence-electron chi connectivity index (χ3n) is 4.26. The zero-order valence-corrected chi connectivity index (χ0v) is 12.9. The maximum atomic E-state index is 10.9. The number of aromatic nitrogens is 2. The van der Waals surface area contributed by atoms with Crippen molar-refractivity contribution in [2.75, 3.05) is 25.1 Å². The number of carbonyl (C=O) groups is 1. The van der Waals surface area contributed by atoms with E-state index in [1.54, 1.807) is 7.11 Å². The maximum absolute atomic E-state index is 10.9. The van der Waals surface area contributed by atoms with E-state index in [9.17, 15) is 4.79 Å². The second kappa shape index (κ2) is 6.74. The summed E-state index contributed by atoms with van der Waals surface area (Å²) in [6, 6.07) is 0. The van der Waals surface area contributed by atoms with Crippen molar-refractivity contribution in [3.8, 4) is 5.88 Å². The third kappa shape index (κ3) is 3.62. The minimum absolute atomic E-state index is 0.175. The summed E-state index contributed by atoms with van der Waals surface area (Å²) in [6.07, 6.45) is 3.88. The van der Waals surface area contributed by atoms with Gasteiger partial charge in [-0.25, -0.2) is 9.97 Å². The molecule has 6 heteroatoms. The van der Waals surface area contributed by atoms with E-state index in [0.29, 0.717) is 11.8 Å². The summed E-state index contributed by atoms with van der Waals surface area (Å²) in [4.78, 5) is 21.6. The number of carboxylic acid groups (broad SMARTS) is 1. The van der Waals surface area contributed by atoms with Gasteiger partial charge >= 0.3 is 5.97 Å². The summed E-state index contributed by atoms with van der Waals surface area (Å²) < 4.78 is 5.25. The van der Waals surface area contributed by atoms with Gasteiger partial charge < -0.3 is 14.7 Å². The van der Waals surface area contributed by atoms with Crippen molar-refractivity contribution in [1.82, 2.24) is 9.97 Å². The van der Waals surface area contributed by atoms with Crippen LogP contribution in [0.1, 0.15) is 31.7 Å². The Labute approximate surface area is 125 Å². The molecule has 1 aromatic heterocycles. The summed E-state index contributed by atoms with van der Waals surface area (Å²) in [7, 11) is 1.60. The molecule has 0 aromatic carbocycles. The molecule has 6 nitrogen and oxygen atoms in total. The fraction of sp³-hybridized carbons (Fsp3) is 0.667.